The topological polar surface area (TPSA) is 87.4 Å². The Balaban J connectivity index is 1.65. The highest BCUT2D eigenvalue weighted by Crippen LogP contribution is 2.18. The van der Waals surface area contributed by atoms with E-state index in [-0.39, 0.29) is 12.1 Å². The lowest BCUT2D eigenvalue weighted by Crippen LogP contribution is -2.42. The van der Waals surface area contributed by atoms with Gasteiger partial charge in [-0.05, 0) is 26.0 Å². The molecule has 0 spiro atoms. The van der Waals surface area contributed by atoms with Gasteiger partial charge in [-0.25, -0.2) is 9.78 Å². The van der Waals surface area contributed by atoms with Crippen molar-refractivity contribution >= 4 is 17.4 Å². The molecule has 0 saturated heterocycles. The van der Waals surface area contributed by atoms with E-state index < -0.39 is 6.10 Å². The lowest BCUT2D eigenvalue weighted by molar-refractivity contribution is 0.129. The van der Waals surface area contributed by atoms with E-state index in [1.165, 1.54) is 11.1 Å². The molecule has 0 radical (unpaired) electrons. The minimum absolute atomic E-state index is 0.165. The summed E-state index contributed by atoms with van der Waals surface area (Å²) in [4.78, 5) is 17.2. The number of aryl methyl sites for hydroxylation is 1. The molecule has 0 aliphatic heterocycles. The molecule has 3 N–H and O–H groups in total. The van der Waals surface area contributed by atoms with Gasteiger partial charge in [-0.1, -0.05) is 0 Å². The number of carbonyl (C=O) groups excluding carboxylic acids is 1. The van der Waals surface area contributed by atoms with Crippen molar-refractivity contribution in [3.05, 3.63) is 40.2 Å². The van der Waals surface area contributed by atoms with Crippen molar-refractivity contribution in [1.82, 2.24) is 15.6 Å². The summed E-state index contributed by atoms with van der Waals surface area (Å²) in [6, 6.07) is 3.03. The second-order valence-electron chi connectivity index (χ2n) is 5.18. The van der Waals surface area contributed by atoms with E-state index in [4.69, 9.17) is 4.42 Å². The molecule has 7 heteroatoms. The highest BCUT2D eigenvalue weighted by Gasteiger charge is 2.16. The summed E-state index contributed by atoms with van der Waals surface area (Å²) in [5.41, 5.74) is 0. The molecule has 2 aromatic heterocycles. The van der Waals surface area contributed by atoms with Crippen LogP contribution < -0.4 is 10.6 Å². The van der Waals surface area contributed by atoms with Gasteiger partial charge in [0, 0.05) is 36.5 Å². The first-order chi connectivity index (χ1) is 10.5. The van der Waals surface area contributed by atoms with Gasteiger partial charge in [0.15, 0.2) is 0 Å². The molecule has 2 unspecified atom stereocenters. The van der Waals surface area contributed by atoms with Crippen LogP contribution in [0.4, 0.5) is 4.79 Å². The lowest BCUT2D eigenvalue weighted by atomic mass is 10.1. The standard InChI is InChI=1S/C15H21N3O3S/c1-10(8-12(19)13-4-3-7-21-13)18-15(20)16-6-5-14-17-9-11(2)22-14/h3-4,7,9-10,12,19H,5-6,8H2,1-2H3,(H2,16,18,20). The number of hydrogen-bond donors (Lipinski definition) is 3. The number of nitrogens with zero attached hydrogens (tertiary/aromatic N) is 1. The van der Waals surface area contributed by atoms with Crippen molar-refractivity contribution in [3.63, 3.8) is 0 Å². The second-order valence-corrected chi connectivity index (χ2v) is 6.50. The normalized spacial score (nSPS) is 13.6. The number of nitrogens with one attached hydrogen (secondary N) is 2. The fourth-order valence-electron chi connectivity index (χ4n) is 2.07. The summed E-state index contributed by atoms with van der Waals surface area (Å²) in [6.45, 7) is 4.38. The zero-order valence-electron chi connectivity index (χ0n) is 12.7. The Morgan fingerprint density at radius 1 is 1.55 bits per heavy atom. The Bertz CT molecular complexity index is 583. The Morgan fingerprint density at radius 3 is 3.00 bits per heavy atom. The van der Waals surface area contributed by atoms with E-state index in [0.717, 1.165) is 11.4 Å². The van der Waals surface area contributed by atoms with Crippen LogP contribution in [0.15, 0.2) is 29.0 Å². The first-order valence-corrected chi connectivity index (χ1v) is 8.03. The van der Waals surface area contributed by atoms with Crippen molar-refractivity contribution in [3.8, 4) is 0 Å². The van der Waals surface area contributed by atoms with E-state index >= 15 is 0 Å². The van der Waals surface area contributed by atoms with Gasteiger partial charge < -0.3 is 20.2 Å². The second kappa shape index (κ2) is 7.95. The molecule has 0 aliphatic rings. The molecular weight excluding hydrogens is 302 g/mol. The number of thiazole rings is 1. The van der Waals surface area contributed by atoms with E-state index in [2.05, 4.69) is 15.6 Å². The molecule has 2 heterocycles. The number of aliphatic hydroxyl groups is 1. The first kappa shape index (κ1) is 16.5. The molecule has 120 valence electrons. The lowest BCUT2D eigenvalue weighted by Gasteiger charge is -2.17. The molecule has 2 amide bonds. The maximum atomic E-state index is 11.8. The molecule has 22 heavy (non-hydrogen) atoms. The number of amides is 2. The Labute approximate surface area is 133 Å². The Morgan fingerprint density at radius 2 is 2.36 bits per heavy atom. The fourth-order valence-corrected chi connectivity index (χ4v) is 2.85. The van der Waals surface area contributed by atoms with Gasteiger partial charge in [0.05, 0.1) is 11.3 Å². The van der Waals surface area contributed by atoms with Crippen LogP contribution in [0.2, 0.25) is 0 Å². The van der Waals surface area contributed by atoms with Crippen molar-refractivity contribution in [1.29, 1.82) is 0 Å². The third-order valence-electron chi connectivity index (χ3n) is 3.12. The van der Waals surface area contributed by atoms with Gasteiger partial charge in [0.2, 0.25) is 0 Å². The van der Waals surface area contributed by atoms with Crippen LogP contribution in [0.1, 0.15) is 35.1 Å². The third-order valence-corrected chi connectivity index (χ3v) is 4.09. The number of aliphatic hydroxyl groups excluding tert-OH is 1. The van der Waals surface area contributed by atoms with Crippen LogP contribution in [0.25, 0.3) is 0 Å². The van der Waals surface area contributed by atoms with E-state index in [1.807, 2.05) is 20.0 Å². The van der Waals surface area contributed by atoms with Gasteiger partial charge >= 0.3 is 6.03 Å². The van der Waals surface area contributed by atoms with Crippen molar-refractivity contribution in [2.24, 2.45) is 0 Å². The van der Waals surface area contributed by atoms with Gasteiger partial charge in [0.1, 0.15) is 11.9 Å². The summed E-state index contributed by atoms with van der Waals surface area (Å²) < 4.78 is 5.13. The summed E-state index contributed by atoms with van der Waals surface area (Å²) in [7, 11) is 0. The average molecular weight is 323 g/mol. The van der Waals surface area contributed by atoms with Crippen LogP contribution in [0, 0.1) is 6.92 Å². The molecule has 2 aromatic rings. The van der Waals surface area contributed by atoms with E-state index in [1.54, 1.807) is 23.5 Å². The number of carbonyl (C=O) groups is 1. The number of furan rings is 1. The summed E-state index contributed by atoms with van der Waals surface area (Å²) in [6.07, 6.45) is 3.74. The van der Waals surface area contributed by atoms with Crippen molar-refractivity contribution in [2.45, 2.75) is 38.8 Å². The molecule has 2 rings (SSSR count). The SMILES string of the molecule is Cc1cnc(CCNC(=O)NC(C)CC(O)c2ccco2)s1. The molecule has 6 nitrogen and oxygen atoms in total. The average Bonchev–Trinajstić information content (AvgIpc) is 3.10. The third kappa shape index (κ3) is 5.16. The van der Waals surface area contributed by atoms with Gasteiger partial charge in [-0.3, -0.25) is 0 Å². The summed E-state index contributed by atoms with van der Waals surface area (Å²) in [5, 5.41) is 16.5. The number of rotatable bonds is 7. The molecule has 0 aliphatic carbocycles. The summed E-state index contributed by atoms with van der Waals surface area (Å²) >= 11 is 1.63. The van der Waals surface area contributed by atoms with Crippen LogP contribution in [-0.2, 0) is 6.42 Å². The largest absolute Gasteiger partial charge is 0.467 e. The maximum Gasteiger partial charge on any atom is 0.315 e. The predicted molar refractivity (Wildman–Crippen MR) is 84.8 cm³/mol. The quantitative estimate of drug-likeness (QED) is 0.730. The molecule has 0 bridgehead atoms. The van der Waals surface area contributed by atoms with Gasteiger partial charge in [-0.2, -0.15) is 0 Å². The monoisotopic (exact) mass is 323 g/mol. The minimum Gasteiger partial charge on any atom is -0.467 e. The predicted octanol–water partition coefficient (Wildman–Crippen LogP) is 2.40. The van der Waals surface area contributed by atoms with Gasteiger partial charge in [-0.15, -0.1) is 11.3 Å². The number of hydrogen-bond acceptors (Lipinski definition) is 5. The molecule has 2 atom stereocenters. The highest BCUT2D eigenvalue weighted by molar-refractivity contribution is 7.11. The Hall–Kier alpha value is -1.86. The molecule has 0 aromatic carbocycles. The molecular formula is C15H21N3O3S. The van der Waals surface area contributed by atoms with E-state index in [0.29, 0.717) is 18.7 Å². The highest BCUT2D eigenvalue weighted by atomic mass is 32.1. The zero-order chi connectivity index (χ0) is 15.9. The molecule has 0 saturated carbocycles. The molecule has 0 fully saturated rings. The minimum atomic E-state index is -0.719. The van der Waals surface area contributed by atoms with Gasteiger partial charge in [0.25, 0.3) is 0 Å². The van der Waals surface area contributed by atoms with Crippen LogP contribution in [-0.4, -0.2) is 28.7 Å². The smallest absolute Gasteiger partial charge is 0.315 e. The van der Waals surface area contributed by atoms with Crippen LogP contribution in [0.5, 0.6) is 0 Å². The van der Waals surface area contributed by atoms with Crippen LogP contribution >= 0.6 is 11.3 Å². The van der Waals surface area contributed by atoms with Crippen LogP contribution in [0.3, 0.4) is 0 Å². The number of urea groups is 1. The van der Waals surface area contributed by atoms with E-state index in [9.17, 15) is 9.90 Å². The van der Waals surface area contributed by atoms with Crippen molar-refractivity contribution in [2.75, 3.05) is 6.54 Å². The fraction of sp³-hybridized carbons (Fsp3) is 0.467. The first-order valence-electron chi connectivity index (χ1n) is 7.21. The zero-order valence-corrected chi connectivity index (χ0v) is 13.5. The maximum absolute atomic E-state index is 11.8. The van der Waals surface area contributed by atoms with Crippen molar-refractivity contribution < 1.29 is 14.3 Å². The Kier molecular flexibility index (Phi) is 5.97. The summed E-state index contributed by atoms with van der Waals surface area (Å²) in [5.74, 6) is 0.508. The number of aromatic nitrogens is 1.